The van der Waals surface area contributed by atoms with Crippen molar-refractivity contribution in [3.05, 3.63) is 59.8 Å². The van der Waals surface area contributed by atoms with E-state index in [9.17, 15) is 48.9 Å². The van der Waals surface area contributed by atoms with Gasteiger partial charge in [0.1, 0.15) is 11.9 Å². The highest BCUT2D eigenvalue weighted by Crippen LogP contribution is 2.37. The van der Waals surface area contributed by atoms with E-state index in [2.05, 4.69) is 20.4 Å². The number of hydrogen-bond donors (Lipinski definition) is 8. The van der Waals surface area contributed by atoms with E-state index in [4.69, 9.17) is 15.9 Å². The van der Waals surface area contributed by atoms with Gasteiger partial charge in [-0.15, -0.1) is 0 Å². The van der Waals surface area contributed by atoms with Crippen LogP contribution in [0.2, 0.25) is 0 Å². The van der Waals surface area contributed by atoms with E-state index < -0.39 is 89.3 Å². The number of esters is 1. The number of aromatic amines is 1. The maximum absolute atomic E-state index is 14.7. The number of amides is 2. The van der Waals surface area contributed by atoms with E-state index in [1.807, 2.05) is 6.07 Å². The zero-order valence-corrected chi connectivity index (χ0v) is 29.0. The molecule has 2 aliphatic carbocycles. The molecule has 17 heteroatoms. The Morgan fingerprint density at radius 3 is 2.40 bits per heavy atom. The molecule has 4 rings (SSSR count). The first kappa shape index (κ1) is 39.9. The highest BCUT2D eigenvalue weighted by Gasteiger charge is 2.45. The van der Waals surface area contributed by atoms with Crippen LogP contribution in [0.3, 0.4) is 0 Å². The summed E-state index contributed by atoms with van der Waals surface area (Å²) in [6.07, 6.45) is 1.89. The van der Waals surface area contributed by atoms with Crippen LogP contribution in [0.15, 0.2) is 48.6 Å². The van der Waals surface area contributed by atoms with E-state index in [1.165, 1.54) is 18.2 Å². The van der Waals surface area contributed by atoms with Crippen molar-refractivity contribution < 1.29 is 58.4 Å². The molecule has 0 fully saturated rings. The minimum absolute atomic E-state index is 0.0286. The molecular formula is C36H43N5O12. The number of allylic oxidation sites excluding steroid dienone is 2. The third-order valence-electron chi connectivity index (χ3n) is 9.38. The minimum atomic E-state index is -2.28. The largest absolute Gasteiger partial charge is 0.480 e. The zero-order valence-electron chi connectivity index (χ0n) is 29.0. The normalized spacial score (nSPS) is 21.6. The first-order valence-electron chi connectivity index (χ1n) is 17.0. The van der Waals surface area contributed by atoms with Gasteiger partial charge in [0.25, 0.3) is 6.47 Å². The van der Waals surface area contributed by atoms with Gasteiger partial charge in [0.05, 0.1) is 24.0 Å². The molecular weight excluding hydrogens is 694 g/mol. The molecule has 0 saturated carbocycles. The Morgan fingerprint density at radius 2 is 1.75 bits per heavy atom. The van der Waals surface area contributed by atoms with Crippen LogP contribution in [0.5, 0.6) is 0 Å². The van der Waals surface area contributed by atoms with Crippen molar-refractivity contribution in [2.75, 3.05) is 0 Å². The van der Waals surface area contributed by atoms with Crippen LogP contribution in [0.1, 0.15) is 44.4 Å². The number of H-pyrrole nitrogens is 1. The van der Waals surface area contributed by atoms with Crippen molar-refractivity contribution in [3.8, 4) is 0 Å². The number of aromatic nitrogens is 1. The lowest BCUT2D eigenvalue weighted by molar-refractivity contribution is -0.165. The fraction of sp³-hybridized carbons (Fsp3) is 0.444. The highest BCUT2D eigenvalue weighted by atomic mass is 16.6. The predicted octanol–water partition coefficient (Wildman–Crippen LogP) is 0.526. The van der Waals surface area contributed by atoms with Crippen molar-refractivity contribution in [3.63, 3.8) is 0 Å². The first-order chi connectivity index (χ1) is 25.1. The molecule has 2 aromatic rings. The van der Waals surface area contributed by atoms with Crippen LogP contribution in [0.4, 0.5) is 0 Å². The van der Waals surface area contributed by atoms with Gasteiger partial charge in [0.15, 0.2) is 11.8 Å². The number of benzene rings is 1. The average molecular weight is 738 g/mol. The van der Waals surface area contributed by atoms with Crippen LogP contribution in [0, 0.1) is 29.1 Å². The molecule has 1 heterocycles. The van der Waals surface area contributed by atoms with Crippen molar-refractivity contribution >= 4 is 58.7 Å². The molecule has 0 bridgehead atoms. The number of aliphatic carboxylic acids is 2. The van der Waals surface area contributed by atoms with Crippen molar-refractivity contribution in [1.82, 2.24) is 15.6 Å². The number of carboxylic acid groups (broad SMARTS) is 2. The van der Waals surface area contributed by atoms with Gasteiger partial charge in [0, 0.05) is 40.9 Å². The summed E-state index contributed by atoms with van der Waals surface area (Å²) in [5.74, 6) is -11.3. The van der Waals surface area contributed by atoms with Gasteiger partial charge in [-0.1, -0.05) is 36.4 Å². The number of rotatable bonds is 18. The lowest BCUT2D eigenvalue weighted by atomic mass is 9.73. The van der Waals surface area contributed by atoms with Gasteiger partial charge in [-0.05, 0) is 51.2 Å². The van der Waals surface area contributed by atoms with Crippen molar-refractivity contribution in [1.29, 1.82) is 5.41 Å². The number of Topliss-reactive ketones (excluding diaryl/α,β-unsaturated/α-hetero) is 1. The van der Waals surface area contributed by atoms with E-state index >= 15 is 0 Å². The molecule has 0 spiro atoms. The Morgan fingerprint density at radius 1 is 1.04 bits per heavy atom. The Hall–Kier alpha value is -5.84. The molecule has 0 aliphatic heterocycles. The second kappa shape index (κ2) is 17.6. The summed E-state index contributed by atoms with van der Waals surface area (Å²) in [5, 5.41) is 43.2. The number of nitrogens with one attached hydrogen (secondary N) is 4. The lowest BCUT2D eigenvalue weighted by Gasteiger charge is -2.34. The summed E-state index contributed by atoms with van der Waals surface area (Å²) in [5.41, 5.74) is 7.54. The molecule has 1 aromatic heterocycles. The van der Waals surface area contributed by atoms with Gasteiger partial charge in [0.2, 0.25) is 17.9 Å². The number of hydrogen-bond acceptors (Lipinski definition) is 11. The van der Waals surface area contributed by atoms with Crippen LogP contribution >= 0.6 is 0 Å². The summed E-state index contributed by atoms with van der Waals surface area (Å²) >= 11 is 0. The Bertz CT molecular complexity index is 1820. The standard InChI is InChI=1S/C36H43N5O12/c1-17(2)53-27(43)13-6-5-12-25(40-33(46)20-10-7-9-19(20)30(45)32(37)38)29(44)22-14-21-18-8-3-4-11-24(18)39-26(21)15-23(22)34(47)41-28(35(48)49)31(36(50)51)52-16-42/h3-4,6-8,10-11,13,16-17,19-20,22-23,25,28,30-31,39,45H,5,9,12,14-15H2,1-2H3,(H3,37,38)(H,40,46)(H,41,47)(H,48,49)(H,50,51). The molecule has 0 saturated heterocycles. The lowest BCUT2D eigenvalue weighted by Crippen LogP contribution is -2.57. The number of para-hydroxylation sites is 1. The van der Waals surface area contributed by atoms with E-state index in [0.29, 0.717) is 11.2 Å². The Labute approximate surface area is 303 Å². The summed E-state index contributed by atoms with van der Waals surface area (Å²) in [6, 6.07) is 3.73. The first-order valence-corrected chi connectivity index (χ1v) is 17.0. The number of fused-ring (bicyclic) bond motifs is 3. The molecule has 17 nitrogen and oxygen atoms in total. The van der Waals surface area contributed by atoms with Crippen LogP contribution in [-0.2, 0) is 55.9 Å². The van der Waals surface area contributed by atoms with Gasteiger partial charge in [-0.2, -0.15) is 0 Å². The molecule has 53 heavy (non-hydrogen) atoms. The molecule has 284 valence electrons. The van der Waals surface area contributed by atoms with Crippen LogP contribution < -0.4 is 16.4 Å². The second-order valence-corrected chi connectivity index (χ2v) is 13.2. The number of carbonyl (C=O) groups excluding carboxylic acids is 5. The summed E-state index contributed by atoms with van der Waals surface area (Å²) < 4.78 is 9.58. The van der Waals surface area contributed by atoms with Crippen LogP contribution in [0.25, 0.3) is 10.9 Å². The Balaban J connectivity index is 1.71. The summed E-state index contributed by atoms with van der Waals surface area (Å²) in [7, 11) is 0. The SMILES string of the molecule is CC(C)OC(=O)C=CCCC(NC(=O)C1C=CCC1C(O)C(=N)N)C(=O)C1Cc2c([nH]c3ccccc23)CC1C(=O)NC(C(=O)O)C(OC=O)C(=O)O. The van der Waals surface area contributed by atoms with Crippen LogP contribution in [-0.4, -0.2) is 98.5 Å². The molecule has 2 amide bonds. The van der Waals surface area contributed by atoms with Crippen molar-refractivity contribution in [2.45, 2.75) is 76.3 Å². The molecule has 1 aromatic carbocycles. The van der Waals surface area contributed by atoms with E-state index in [1.54, 1.807) is 38.1 Å². The molecule has 9 N–H and O–H groups in total. The quantitative estimate of drug-likeness (QED) is 0.0259. The number of ether oxygens (including phenoxy) is 2. The zero-order chi connectivity index (χ0) is 39.0. The third kappa shape index (κ3) is 9.54. The summed E-state index contributed by atoms with van der Waals surface area (Å²) in [6.45, 7) is 3.10. The highest BCUT2D eigenvalue weighted by molar-refractivity contribution is 5.98. The number of aliphatic hydroxyl groups is 1. The predicted molar refractivity (Wildman–Crippen MR) is 186 cm³/mol. The number of carbonyl (C=O) groups is 7. The third-order valence-corrected chi connectivity index (χ3v) is 9.38. The topological polar surface area (TPSA) is 288 Å². The maximum Gasteiger partial charge on any atom is 0.347 e. The van der Waals surface area contributed by atoms with Crippen molar-refractivity contribution in [2.24, 2.45) is 29.4 Å². The number of aliphatic hydroxyl groups excluding tert-OH is 1. The number of ketones is 1. The average Bonchev–Trinajstić information content (AvgIpc) is 3.74. The number of nitrogens with two attached hydrogens (primary N) is 1. The fourth-order valence-electron chi connectivity index (χ4n) is 6.86. The molecule has 0 radical (unpaired) electrons. The smallest absolute Gasteiger partial charge is 0.347 e. The number of amidine groups is 1. The minimum Gasteiger partial charge on any atom is -0.480 e. The molecule has 2 aliphatic rings. The monoisotopic (exact) mass is 737 g/mol. The maximum atomic E-state index is 14.7. The van der Waals surface area contributed by atoms with E-state index in [-0.39, 0.29) is 44.7 Å². The van der Waals surface area contributed by atoms with Gasteiger partial charge in [-0.25, -0.2) is 14.4 Å². The van der Waals surface area contributed by atoms with E-state index in [0.717, 1.165) is 10.9 Å². The van der Waals surface area contributed by atoms with Gasteiger partial charge < -0.3 is 46.1 Å². The number of carboxylic acids is 2. The second-order valence-electron chi connectivity index (χ2n) is 13.2. The molecule has 8 atom stereocenters. The van der Waals surface area contributed by atoms with Gasteiger partial charge >= 0.3 is 17.9 Å². The Kier molecular flexibility index (Phi) is 13.3. The molecule has 8 unspecified atom stereocenters. The fourth-order valence-corrected chi connectivity index (χ4v) is 6.86. The van der Waals surface area contributed by atoms with Gasteiger partial charge in [-0.3, -0.25) is 24.6 Å². The summed E-state index contributed by atoms with van der Waals surface area (Å²) in [4.78, 5) is 92.6.